The van der Waals surface area contributed by atoms with Gasteiger partial charge < -0.3 is 15.4 Å². The van der Waals surface area contributed by atoms with E-state index in [2.05, 4.69) is 23.8 Å². The summed E-state index contributed by atoms with van der Waals surface area (Å²) in [6, 6.07) is 0.652. The number of hydrogen-bond donors (Lipinski definition) is 1. The summed E-state index contributed by atoms with van der Waals surface area (Å²) in [5, 5.41) is 0. The lowest BCUT2D eigenvalue weighted by Gasteiger charge is -2.38. The van der Waals surface area contributed by atoms with Gasteiger partial charge in [-0.15, -0.1) is 0 Å². The quantitative estimate of drug-likeness (QED) is 0.715. The molecule has 2 atom stereocenters. The number of rotatable bonds is 6. The van der Waals surface area contributed by atoms with Crippen molar-refractivity contribution < 1.29 is 4.74 Å². The fraction of sp³-hybridized carbons (Fsp3) is 1.00. The molecular formula is C12H27N3O. The molecule has 1 saturated heterocycles. The van der Waals surface area contributed by atoms with E-state index in [0.29, 0.717) is 12.6 Å². The first kappa shape index (κ1) is 13.9. The zero-order valence-electron chi connectivity index (χ0n) is 11.0. The van der Waals surface area contributed by atoms with E-state index in [1.54, 1.807) is 0 Å². The Labute approximate surface area is 99.7 Å². The molecule has 1 heterocycles. The van der Waals surface area contributed by atoms with E-state index in [0.717, 1.165) is 19.6 Å². The monoisotopic (exact) mass is 229 g/mol. The van der Waals surface area contributed by atoms with Gasteiger partial charge in [0.2, 0.25) is 0 Å². The number of nitrogens with two attached hydrogens (primary N) is 1. The minimum absolute atomic E-state index is 0.233. The molecule has 0 radical (unpaired) electrons. The van der Waals surface area contributed by atoms with E-state index in [-0.39, 0.29) is 6.10 Å². The molecule has 1 aliphatic heterocycles. The summed E-state index contributed by atoms with van der Waals surface area (Å²) >= 11 is 0. The van der Waals surface area contributed by atoms with Crippen LogP contribution in [0, 0.1) is 0 Å². The third-order valence-electron chi connectivity index (χ3n) is 3.37. The van der Waals surface area contributed by atoms with Gasteiger partial charge in [0.15, 0.2) is 0 Å². The number of ether oxygens (including phenoxy) is 1. The largest absolute Gasteiger partial charge is 0.377 e. The molecule has 0 saturated carbocycles. The minimum Gasteiger partial charge on any atom is -0.377 e. The van der Waals surface area contributed by atoms with Crippen LogP contribution in [0.5, 0.6) is 0 Å². The highest BCUT2D eigenvalue weighted by atomic mass is 16.5. The first-order chi connectivity index (χ1) is 7.67. The Kier molecular flexibility index (Phi) is 6.28. The lowest BCUT2D eigenvalue weighted by Crippen LogP contribution is -2.51. The SMILES string of the molecule is CCOC(CN)CCN1CCN(C)CC1C. The Balaban J connectivity index is 2.25. The zero-order chi connectivity index (χ0) is 12.0. The second-order valence-corrected chi connectivity index (χ2v) is 4.75. The second kappa shape index (κ2) is 7.22. The topological polar surface area (TPSA) is 41.7 Å². The molecule has 1 fully saturated rings. The van der Waals surface area contributed by atoms with Gasteiger partial charge >= 0.3 is 0 Å². The Morgan fingerprint density at radius 3 is 2.75 bits per heavy atom. The molecule has 0 bridgehead atoms. The van der Waals surface area contributed by atoms with Gasteiger partial charge in [-0.3, -0.25) is 4.90 Å². The maximum atomic E-state index is 5.68. The van der Waals surface area contributed by atoms with E-state index in [1.165, 1.54) is 19.6 Å². The normalized spacial score (nSPS) is 25.9. The summed E-state index contributed by atoms with van der Waals surface area (Å²) in [6.45, 7) is 10.3. The third-order valence-corrected chi connectivity index (χ3v) is 3.37. The standard InChI is InChI=1S/C12H27N3O/c1-4-16-12(9-13)5-6-15-8-7-14(3)10-11(15)2/h11-12H,4-10,13H2,1-3H3. The Bertz CT molecular complexity index is 189. The van der Waals surface area contributed by atoms with Crippen molar-refractivity contribution in [3.8, 4) is 0 Å². The Hall–Kier alpha value is -0.160. The van der Waals surface area contributed by atoms with Gasteiger partial charge in [0.25, 0.3) is 0 Å². The molecule has 1 aliphatic rings. The average Bonchev–Trinajstić information content (AvgIpc) is 2.26. The van der Waals surface area contributed by atoms with Crippen LogP contribution in [0.1, 0.15) is 20.3 Å². The average molecular weight is 229 g/mol. The van der Waals surface area contributed by atoms with E-state index < -0.39 is 0 Å². The Morgan fingerprint density at radius 2 is 2.19 bits per heavy atom. The number of piperazine rings is 1. The van der Waals surface area contributed by atoms with Crippen LogP contribution in [-0.4, -0.2) is 68.3 Å². The fourth-order valence-corrected chi connectivity index (χ4v) is 2.32. The second-order valence-electron chi connectivity index (χ2n) is 4.75. The van der Waals surface area contributed by atoms with Gasteiger partial charge in [-0.1, -0.05) is 0 Å². The van der Waals surface area contributed by atoms with Gasteiger partial charge in [0.05, 0.1) is 6.10 Å². The summed E-state index contributed by atoms with van der Waals surface area (Å²) in [5.41, 5.74) is 5.68. The van der Waals surface area contributed by atoms with Gasteiger partial charge in [-0.05, 0) is 27.3 Å². The van der Waals surface area contributed by atoms with Gasteiger partial charge in [-0.2, -0.15) is 0 Å². The van der Waals surface area contributed by atoms with Crippen molar-refractivity contribution in [1.82, 2.24) is 9.80 Å². The van der Waals surface area contributed by atoms with Crippen LogP contribution in [0.2, 0.25) is 0 Å². The number of hydrogen-bond acceptors (Lipinski definition) is 4. The van der Waals surface area contributed by atoms with Gasteiger partial charge in [0.1, 0.15) is 0 Å². The van der Waals surface area contributed by atoms with E-state index in [4.69, 9.17) is 10.5 Å². The van der Waals surface area contributed by atoms with Crippen LogP contribution < -0.4 is 5.73 Å². The molecule has 2 N–H and O–H groups in total. The molecule has 4 nitrogen and oxygen atoms in total. The van der Waals surface area contributed by atoms with Crippen molar-refractivity contribution in [1.29, 1.82) is 0 Å². The summed E-state index contributed by atoms with van der Waals surface area (Å²) in [6.07, 6.45) is 1.29. The molecule has 0 aromatic carbocycles. The van der Waals surface area contributed by atoms with E-state index in [9.17, 15) is 0 Å². The molecule has 1 rings (SSSR count). The van der Waals surface area contributed by atoms with Crippen LogP contribution in [-0.2, 0) is 4.74 Å². The molecule has 0 amide bonds. The van der Waals surface area contributed by atoms with Gasteiger partial charge in [-0.25, -0.2) is 0 Å². The highest BCUT2D eigenvalue weighted by Gasteiger charge is 2.21. The van der Waals surface area contributed by atoms with Crippen LogP contribution >= 0.6 is 0 Å². The van der Waals surface area contributed by atoms with Crippen molar-refractivity contribution in [3.63, 3.8) is 0 Å². The highest BCUT2D eigenvalue weighted by molar-refractivity contribution is 4.78. The minimum atomic E-state index is 0.233. The smallest absolute Gasteiger partial charge is 0.0709 e. The summed E-state index contributed by atoms with van der Waals surface area (Å²) in [5.74, 6) is 0. The van der Waals surface area contributed by atoms with Gasteiger partial charge in [0, 0.05) is 45.4 Å². The van der Waals surface area contributed by atoms with E-state index in [1.807, 2.05) is 6.92 Å². The van der Waals surface area contributed by atoms with Crippen molar-refractivity contribution >= 4 is 0 Å². The molecular weight excluding hydrogens is 202 g/mol. The van der Waals surface area contributed by atoms with Crippen molar-refractivity contribution in [2.45, 2.75) is 32.4 Å². The fourth-order valence-electron chi connectivity index (χ4n) is 2.32. The molecule has 0 aliphatic carbocycles. The Morgan fingerprint density at radius 1 is 1.44 bits per heavy atom. The summed E-state index contributed by atoms with van der Waals surface area (Å²) in [4.78, 5) is 4.94. The predicted octanol–water partition coefficient (Wildman–Crippen LogP) is 0.376. The molecule has 2 unspecified atom stereocenters. The molecule has 16 heavy (non-hydrogen) atoms. The lowest BCUT2D eigenvalue weighted by molar-refractivity contribution is 0.0385. The van der Waals surface area contributed by atoms with Crippen molar-refractivity contribution in [2.24, 2.45) is 5.73 Å². The summed E-state index contributed by atoms with van der Waals surface area (Å²) in [7, 11) is 2.19. The van der Waals surface area contributed by atoms with Crippen LogP contribution in [0.15, 0.2) is 0 Å². The maximum Gasteiger partial charge on any atom is 0.0709 e. The molecule has 0 aromatic rings. The molecule has 0 spiro atoms. The third kappa shape index (κ3) is 4.37. The number of nitrogens with zero attached hydrogens (tertiary/aromatic N) is 2. The van der Waals surface area contributed by atoms with Crippen molar-refractivity contribution in [3.05, 3.63) is 0 Å². The van der Waals surface area contributed by atoms with Crippen LogP contribution in [0.25, 0.3) is 0 Å². The molecule has 0 aromatic heterocycles. The molecule has 96 valence electrons. The van der Waals surface area contributed by atoms with Crippen molar-refractivity contribution in [2.75, 3.05) is 46.4 Å². The maximum absolute atomic E-state index is 5.68. The summed E-state index contributed by atoms with van der Waals surface area (Å²) < 4.78 is 5.58. The first-order valence-corrected chi connectivity index (χ1v) is 6.41. The highest BCUT2D eigenvalue weighted by Crippen LogP contribution is 2.09. The van der Waals surface area contributed by atoms with Crippen LogP contribution in [0.4, 0.5) is 0 Å². The molecule has 4 heteroatoms. The lowest BCUT2D eigenvalue weighted by atomic mass is 10.1. The zero-order valence-corrected chi connectivity index (χ0v) is 11.0. The predicted molar refractivity (Wildman–Crippen MR) is 67.6 cm³/mol. The van der Waals surface area contributed by atoms with E-state index >= 15 is 0 Å². The van der Waals surface area contributed by atoms with Crippen LogP contribution in [0.3, 0.4) is 0 Å². The number of likely N-dealkylation sites (N-methyl/N-ethyl adjacent to an activating group) is 1. The first-order valence-electron chi connectivity index (χ1n) is 6.41.